The van der Waals surface area contributed by atoms with Gasteiger partial charge in [-0.25, -0.2) is 0 Å². The summed E-state index contributed by atoms with van der Waals surface area (Å²) in [6.45, 7) is 13.4. The van der Waals surface area contributed by atoms with Crippen molar-refractivity contribution in [2.75, 3.05) is 42.7 Å². The van der Waals surface area contributed by atoms with Crippen molar-refractivity contribution >= 4 is 49.1 Å². The summed E-state index contributed by atoms with van der Waals surface area (Å²) < 4.78 is 48.4. The molecule has 0 heterocycles. The fourth-order valence-corrected chi connectivity index (χ4v) is 19.9. The van der Waals surface area contributed by atoms with Crippen LogP contribution in [-0.2, 0) is 26.5 Å². The number of carboxylic acids is 1. The van der Waals surface area contributed by atoms with E-state index >= 15 is 0 Å². The topological polar surface area (TPSA) is 128 Å². The van der Waals surface area contributed by atoms with Gasteiger partial charge in [-0.1, -0.05) is 169 Å². The highest BCUT2D eigenvalue weighted by Gasteiger charge is 2.53. The molecule has 0 aromatic heterocycles. The van der Waals surface area contributed by atoms with Crippen molar-refractivity contribution in [1.82, 2.24) is 0 Å². The van der Waals surface area contributed by atoms with Crippen LogP contribution in [0, 0.1) is 0 Å². The molecule has 1 aliphatic carbocycles. The van der Waals surface area contributed by atoms with E-state index in [1.165, 1.54) is 10.4 Å². The minimum absolute atomic E-state index is 0.00151. The first-order valence-corrected chi connectivity index (χ1v) is 28.7. The number of aliphatic carboxylic acids is 1. The number of carbonyl (C=O) groups is 2. The van der Waals surface area contributed by atoms with Crippen LogP contribution in [0.25, 0.3) is 0 Å². The number of carboxylic acid groups (broad SMARTS) is 1. The third-order valence-corrected chi connectivity index (χ3v) is 24.0. The highest BCUT2D eigenvalue weighted by molar-refractivity contribution is 7.00. The smallest absolute Gasteiger partial charge is 0.303 e. The molecule has 1 N–H and O–H groups in total. The largest absolute Gasteiger partial charge is 0.493 e. The Morgan fingerprint density at radius 2 is 1.01 bits per heavy atom. The summed E-state index contributed by atoms with van der Waals surface area (Å²) in [6.07, 6.45) is 1.84. The van der Waals surface area contributed by atoms with Gasteiger partial charge in [0.15, 0.2) is 28.8 Å². The zero-order valence-corrected chi connectivity index (χ0v) is 46.7. The van der Waals surface area contributed by atoms with Gasteiger partial charge in [-0.3, -0.25) is 9.59 Å². The molecule has 0 radical (unpaired) electrons. The number of ether oxygens (including phenoxy) is 6. The average Bonchev–Trinajstić information content (AvgIpc) is 3.55. The fourth-order valence-electron chi connectivity index (χ4n) is 10.5. The van der Waals surface area contributed by atoms with E-state index in [1.807, 2.05) is 60.7 Å². The predicted molar refractivity (Wildman–Crippen MR) is 295 cm³/mol. The molecule has 6 aromatic rings. The number of benzene rings is 6. The Morgan fingerprint density at radius 3 is 1.42 bits per heavy atom. The van der Waals surface area contributed by atoms with Crippen molar-refractivity contribution in [2.24, 2.45) is 0 Å². The Bertz CT molecular complexity index is 2660. The number of hydrogen-bond acceptors (Lipinski definition) is 10. The van der Waals surface area contributed by atoms with Crippen LogP contribution in [0.15, 0.2) is 140 Å². The fraction of sp³-hybridized carbons (Fsp3) is 0.367. The lowest BCUT2D eigenvalue weighted by Crippen LogP contribution is -2.67. The maximum absolute atomic E-state index is 13.3. The molecule has 0 saturated heterocycles. The van der Waals surface area contributed by atoms with Crippen LogP contribution in [-0.4, -0.2) is 88.4 Å². The van der Waals surface area contributed by atoms with Gasteiger partial charge in [-0.15, -0.1) is 0 Å². The van der Waals surface area contributed by atoms with Gasteiger partial charge in [-0.05, 0) is 55.8 Å². The predicted octanol–water partition coefficient (Wildman–Crippen LogP) is 10.2. The first-order valence-electron chi connectivity index (χ1n) is 24.9. The maximum atomic E-state index is 13.3. The zero-order chi connectivity index (χ0) is 53.0. The van der Waals surface area contributed by atoms with E-state index in [1.54, 1.807) is 48.7 Å². The second-order valence-electron chi connectivity index (χ2n) is 20.3. The molecule has 6 aromatic carbocycles. The number of rotatable bonds is 19. The minimum atomic E-state index is -2.90. The highest BCUT2D eigenvalue weighted by Crippen LogP contribution is 2.46. The number of fused-ring (bicyclic) bond motifs is 1. The normalized spacial score (nSPS) is 14.4. The quantitative estimate of drug-likeness (QED) is 0.0615. The van der Waals surface area contributed by atoms with Crippen molar-refractivity contribution in [2.45, 2.75) is 102 Å². The molecule has 0 bridgehead atoms. The van der Waals surface area contributed by atoms with Gasteiger partial charge in [0.25, 0.3) is 16.6 Å². The lowest BCUT2D eigenvalue weighted by molar-refractivity contribution is -0.137. The average molecular weight is 1030 g/mol. The second-order valence-corrected chi connectivity index (χ2v) is 28.8. The highest BCUT2D eigenvalue weighted by atomic mass is 28.4. The third-order valence-electron chi connectivity index (χ3n) is 13.8. The molecular formula is C60H74O11Si2. The molecule has 0 amide bonds. The summed E-state index contributed by atoms with van der Waals surface area (Å²) in [5.74, 6) is 2.38. The number of methoxy groups -OCH3 is 6. The standard InChI is InChI=1S/C30H38O6Si.C30H36O5Si/c1-30(2,3)37(24-13-9-7-10-14-24,25-15-11-8-12-16-25)36-23(18-20-27(31)32)21-22-17-19-26(33-4)29(35-6)28(22)34-5;1-30(2,3)36(22-13-9-7-10-14-22,23-15-11-8-12-16-23)35-21-17-18-26(31)24-20-27(32-4)29(34-6)28(33-5)25(24)19-21/h7-17,19,23H,18,20-21H2,1-6H3,(H,31,32);7-16,20-21H,17-19H2,1-6H3. The molecule has 2 atom stereocenters. The Labute approximate surface area is 435 Å². The molecule has 0 spiro atoms. The first-order chi connectivity index (χ1) is 34.9. The van der Waals surface area contributed by atoms with Crippen molar-refractivity contribution in [3.63, 3.8) is 0 Å². The lowest BCUT2D eigenvalue weighted by Gasteiger charge is -2.45. The van der Waals surface area contributed by atoms with E-state index in [0.717, 1.165) is 21.5 Å². The molecule has 7 rings (SSSR count). The first kappa shape index (κ1) is 55.9. The second kappa shape index (κ2) is 24.6. The lowest BCUT2D eigenvalue weighted by atomic mass is 9.99. The number of ketones is 1. The summed E-state index contributed by atoms with van der Waals surface area (Å²) in [5.41, 5.74) is 2.31. The number of hydrogen-bond donors (Lipinski definition) is 1. The van der Waals surface area contributed by atoms with Crippen LogP contribution in [0.5, 0.6) is 34.5 Å². The monoisotopic (exact) mass is 1030 g/mol. The van der Waals surface area contributed by atoms with Crippen LogP contribution >= 0.6 is 0 Å². The molecule has 1 aliphatic rings. The van der Waals surface area contributed by atoms with Crippen molar-refractivity contribution in [3.05, 3.63) is 156 Å². The molecule has 11 nitrogen and oxygen atoms in total. The summed E-state index contributed by atoms with van der Waals surface area (Å²) in [6, 6.07) is 47.5. The summed E-state index contributed by atoms with van der Waals surface area (Å²) in [5, 5.41) is 13.9. The van der Waals surface area contributed by atoms with Crippen molar-refractivity contribution in [1.29, 1.82) is 0 Å². The third kappa shape index (κ3) is 12.0. The van der Waals surface area contributed by atoms with E-state index in [2.05, 4.69) is 114 Å². The van der Waals surface area contributed by atoms with Gasteiger partial charge in [-0.2, -0.15) is 0 Å². The van der Waals surface area contributed by atoms with Crippen LogP contribution in [0.4, 0.5) is 0 Å². The number of Topliss-reactive ketones (excluding diaryl/α,β-unsaturated/α-hetero) is 1. The van der Waals surface area contributed by atoms with E-state index in [9.17, 15) is 14.7 Å². The molecule has 0 fully saturated rings. The van der Waals surface area contributed by atoms with Gasteiger partial charge in [0, 0.05) is 42.4 Å². The number of carbonyl (C=O) groups excluding carboxylic acids is 1. The van der Waals surface area contributed by atoms with E-state index in [4.69, 9.17) is 37.3 Å². The van der Waals surface area contributed by atoms with E-state index in [-0.39, 0.29) is 34.5 Å². The molecule has 0 aliphatic heterocycles. The SMILES string of the molecule is COc1cc2c(c(OC)c1OC)CC(O[Si](c1ccccc1)(c1ccccc1)C(C)(C)C)CCC2=O.COc1ccc(CC(CCC(=O)O)O[Si](c2ccccc2)(c2ccccc2)C(C)(C)C)c(OC)c1OC. The Balaban J connectivity index is 0.000000238. The molecule has 0 saturated carbocycles. The van der Waals surface area contributed by atoms with Crippen LogP contribution in [0.2, 0.25) is 10.1 Å². The van der Waals surface area contributed by atoms with Gasteiger partial charge >= 0.3 is 5.97 Å². The maximum Gasteiger partial charge on any atom is 0.303 e. The molecule has 388 valence electrons. The van der Waals surface area contributed by atoms with Gasteiger partial charge < -0.3 is 42.4 Å². The summed E-state index contributed by atoms with van der Waals surface area (Å²) in [7, 11) is 3.83. The van der Waals surface area contributed by atoms with Gasteiger partial charge in [0.05, 0.1) is 54.9 Å². The van der Waals surface area contributed by atoms with Crippen molar-refractivity contribution < 1.29 is 52.0 Å². The van der Waals surface area contributed by atoms with Gasteiger partial charge in [0.2, 0.25) is 11.5 Å². The Hall–Kier alpha value is -6.39. The zero-order valence-electron chi connectivity index (χ0n) is 44.7. The molecular weight excluding hydrogens is 953 g/mol. The van der Waals surface area contributed by atoms with Crippen LogP contribution in [0.3, 0.4) is 0 Å². The Morgan fingerprint density at radius 1 is 0.575 bits per heavy atom. The minimum Gasteiger partial charge on any atom is -0.493 e. The summed E-state index contributed by atoms with van der Waals surface area (Å²) >= 11 is 0. The van der Waals surface area contributed by atoms with Gasteiger partial charge in [0.1, 0.15) is 0 Å². The van der Waals surface area contributed by atoms with Crippen LogP contribution < -0.4 is 49.2 Å². The molecule has 73 heavy (non-hydrogen) atoms. The Kier molecular flexibility index (Phi) is 18.8. The van der Waals surface area contributed by atoms with E-state index < -0.39 is 22.6 Å². The summed E-state index contributed by atoms with van der Waals surface area (Å²) in [4.78, 5) is 25.0. The molecule has 13 heteroatoms. The molecule has 2 unspecified atom stereocenters. The van der Waals surface area contributed by atoms with E-state index in [0.29, 0.717) is 72.2 Å². The van der Waals surface area contributed by atoms with Crippen LogP contribution in [0.1, 0.15) is 88.7 Å². The van der Waals surface area contributed by atoms with Crippen molar-refractivity contribution in [3.8, 4) is 34.5 Å².